The fourth-order valence-corrected chi connectivity index (χ4v) is 3.26. The van der Waals surface area contributed by atoms with Gasteiger partial charge in [0, 0.05) is 23.1 Å². The average Bonchev–Trinajstić information content (AvgIpc) is 2.99. The SMILES string of the molecule is O=C(COc1ccc(Cl)cc1)NCCSCc1ccsc1. The van der Waals surface area contributed by atoms with E-state index in [9.17, 15) is 4.79 Å². The molecule has 1 aromatic heterocycles. The van der Waals surface area contributed by atoms with E-state index < -0.39 is 0 Å². The fraction of sp³-hybridized carbons (Fsp3) is 0.267. The van der Waals surface area contributed by atoms with E-state index in [1.54, 1.807) is 47.4 Å². The number of halogens is 1. The maximum atomic E-state index is 11.6. The smallest absolute Gasteiger partial charge is 0.257 e. The zero-order valence-electron chi connectivity index (χ0n) is 11.4. The van der Waals surface area contributed by atoms with Crippen molar-refractivity contribution >= 4 is 40.6 Å². The second kappa shape index (κ2) is 8.97. The highest BCUT2D eigenvalue weighted by atomic mass is 35.5. The molecule has 1 amide bonds. The van der Waals surface area contributed by atoms with Crippen molar-refractivity contribution < 1.29 is 9.53 Å². The molecule has 2 rings (SSSR count). The summed E-state index contributed by atoms with van der Waals surface area (Å²) in [5.41, 5.74) is 1.34. The molecule has 1 heterocycles. The van der Waals surface area contributed by atoms with Gasteiger partial charge in [0.2, 0.25) is 0 Å². The van der Waals surface area contributed by atoms with Crippen molar-refractivity contribution in [2.75, 3.05) is 18.9 Å². The number of thiophene rings is 1. The molecule has 0 fully saturated rings. The fourth-order valence-electron chi connectivity index (χ4n) is 1.56. The van der Waals surface area contributed by atoms with Crippen molar-refractivity contribution in [3.05, 3.63) is 51.7 Å². The van der Waals surface area contributed by atoms with E-state index in [4.69, 9.17) is 16.3 Å². The minimum absolute atomic E-state index is 0.0246. The Morgan fingerprint density at radius 3 is 2.81 bits per heavy atom. The Morgan fingerprint density at radius 2 is 2.10 bits per heavy atom. The van der Waals surface area contributed by atoms with Crippen LogP contribution in [0.3, 0.4) is 0 Å². The molecule has 21 heavy (non-hydrogen) atoms. The Labute approximate surface area is 137 Å². The van der Waals surface area contributed by atoms with Crippen LogP contribution >= 0.6 is 34.7 Å². The van der Waals surface area contributed by atoms with Gasteiger partial charge >= 0.3 is 0 Å². The summed E-state index contributed by atoms with van der Waals surface area (Å²) in [6.45, 7) is 0.675. The van der Waals surface area contributed by atoms with E-state index in [1.807, 2.05) is 0 Å². The van der Waals surface area contributed by atoms with Crippen LogP contribution in [0.5, 0.6) is 5.75 Å². The lowest BCUT2D eigenvalue weighted by atomic mass is 10.3. The summed E-state index contributed by atoms with van der Waals surface area (Å²) in [5.74, 6) is 2.41. The molecule has 0 aliphatic heterocycles. The number of carbonyl (C=O) groups is 1. The number of amides is 1. The van der Waals surface area contributed by atoms with Crippen LogP contribution in [-0.4, -0.2) is 24.8 Å². The Kier molecular flexibility index (Phi) is 6.92. The number of hydrogen-bond donors (Lipinski definition) is 1. The van der Waals surface area contributed by atoms with Gasteiger partial charge in [0.25, 0.3) is 5.91 Å². The third kappa shape index (κ3) is 6.42. The predicted molar refractivity (Wildman–Crippen MR) is 90.4 cm³/mol. The molecule has 0 spiro atoms. The van der Waals surface area contributed by atoms with Crippen molar-refractivity contribution in [2.45, 2.75) is 5.75 Å². The van der Waals surface area contributed by atoms with Crippen molar-refractivity contribution in [1.82, 2.24) is 5.32 Å². The first-order chi connectivity index (χ1) is 10.2. The Morgan fingerprint density at radius 1 is 1.29 bits per heavy atom. The number of ether oxygens (including phenoxy) is 1. The lowest BCUT2D eigenvalue weighted by molar-refractivity contribution is -0.122. The van der Waals surface area contributed by atoms with Crippen LogP contribution in [0.1, 0.15) is 5.56 Å². The highest BCUT2D eigenvalue weighted by molar-refractivity contribution is 7.98. The Bertz CT molecular complexity index is 543. The van der Waals surface area contributed by atoms with Crippen LogP contribution in [0.15, 0.2) is 41.1 Å². The first-order valence-electron chi connectivity index (χ1n) is 6.48. The number of nitrogens with one attached hydrogen (secondary N) is 1. The summed E-state index contributed by atoms with van der Waals surface area (Å²) in [5, 5.41) is 7.70. The summed E-state index contributed by atoms with van der Waals surface area (Å²) >= 11 is 9.28. The van der Waals surface area contributed by atoms with Crippen molar-refractivity contribution in [2.24, 2.45) is 0 Å². The van der Waals surface area contributed by atoms with Gasteiger partial charge in [-0.15, -0.1) is 0 Å². The summed E-state index contributed by atoms with van der Waals surface area (Å²) in [6.07, 6.45) is 0. The predicted octanol–water partition coefficient (Wildman–Crippen LogP) is 3.83. The standard InChI is InChI=1S/C15H16ClNO2S2/c16-13-1-3-14(4-2-13)19-9-15(18)17-6-8-21-11-12-5-7-20-10-12/h1-5,7,10H,6,8-9,11H2,(H,17,18). The van der Waals surface area contributed by atoms with Gasteiger partial charge < -0.3 is 10.1 Å². The van der Waals surface area contributed by atoms with Crippen molar-refractivity contribution in [1.29, 1.82) is 0 Å². The second-order valence-corrected chi connectivity index (χ2v) is 6.60. The molecule has 0 aliphatic rings. The van der Waals surface area contributed by atoms with E-state index in [2.05, 4.69) is 22.1 Å². The summed E-state index contributed by atoms with van der Waals surface area (Å²) in [7, 11) is 0. The monoisotopic (exact) mass is 341 g/mol. The highest BCUT2D eigenvalue weighted by Gasteiger charge is 2.02. The molecular weight excluding hydrogens is 326 g/mol. The van der Waals surface area contributed by atoms with Gasteiger partial charge in [-0.3, -0.25) is 4.79 Å². The number of carbonyl (C=O) groups excluding carboxylic acids is 1. The molecule has 0 bridgehead atoms. The third-order valence-corrected chi connectivity index (χ3v) is 4.62. The normalized spacial score (nSPS) is 10.3. The molecule has 0 atom stereocenters. The van der Waals surface area contributed by atoms with Crippen molar-refractivity contribution in [3.63, 3.8) is 0 Å². The molecule has 0 unspecified atom stereocenters. The molecule has 2 aromatic rings. The van der Waals surface area contributed by atoms with E-state index in [0.717, 1.165) is 11.5 Å². The number of benzene rings is 1. The first-order valence-corrected chi connectivity index (χ1v) is 8.95. The summed E-state index contributed by atoms with van der Waals surface area (Å²) in [6, 6.07) is 9.07. The van der Waals surface area contributed by atoms with Gasteiger partial charge in [-0.1, -0.05) is 11.6 Å². The third-order valence-electron chi connectivity index (χ3n) is 2.60. The van der Waals surface area contributed by atoms with Crippen LogP contribution in [-0.2, 0) is 10.5 Å². The minimum atomic E-state index is -0.110. The van der Waals surface area contributed by atoms with Crippen LogP contribution < -0.4 is 10.1 Å². The topological polar surface area (TPSA) is 38.3 Å². The molecule has 3 nitrogen and oxygen atoms in total. The van der Waals surface area contributed by atoms with Gasteiger partial charge in [-0.25, -0.2) is 0 Å². The molecule has 0 saturated carbocycles. The van der Waals surface area contributed by atoms with E-state index >= 15 is 0 Å². The van der Waals surface area contributed by atoms with Gasteiger partial charge in [0.05, 0.1) is 0 Å². The lowest BCUT2D eigenvalue weighted by Crippen LogP contribution is -2.30. The first kappa shape index (κ1) is 16.2. The number of hydrogen-bond acceptors (Lipinski definition) is 4. The van der Waals surface area contributed by atoms with Crippen LogP contribution in [0, 0.1) is 0 Å². The molecule has 6 heteroatoms. The van der Waals surface area contributed by atoms with E-state index in [-0.39, 0.29) is 12.5 Å². The molecule has 0 aliphatic carbocycles. The summed E-state index contributed by atoms with van der Waals surface area (Å²) in [4.78, 5) is 11.6. The molecule has 1 N–H and O–H groups in total. The van der Waals surface area contributed by atoms with E-state index in [0.29, 0.717) is 17.3 Å². The van der Waals surface area contributed by atoms with E-state index in [1.165, 1.54) is 5.56 Å². The van der Waals surface area contributed by atoms with Crippen molar-refractivity contribution in [3.8, 4) is 5.75 Å². The molecule has 0 radical (unpaired) electrons. The summed E-state index contributed by atoms with van der Waals surface area (Å²) < 4.78 is 5.36. The lowest BCUT2D eigenvalue weighted by Gasteiger charge is -2.07. The highest BCUT2D eigenvalue weighted by Crippen LogP contribution is 2.15. The molecule has 112 valence electrons. The second-order valence-electron chi connectivity index (χ2n) is 4.28. The van der Waals surface area contributed by atoms with Crippen LogP contribution in [0.25, 0.3) is 0 Å². The zero-order valence-corrected chi connectivity index (χ0v) is 13.8. The minimum Gasteiger partial charge on any atom is -0.484 e. The van der Waals surface area contributed by atoms with Gasteiger partial charge in [0.15, 0.2) is 6.61 Å². The number of thioether (sulfide) groups is 1. The Balaban J connectivity index is 1.54. The maximum Gasteiger partial charge on any atom is 0.257 e. The Hall–Kier alpha value is -1.17. The number of rotatable bonds is 8. The zero-order chi connectivity index (χ0) is 14.9. The van der Waals surface area contributed by atoms with Gasteiger partial charge in [-0.2, -0.15) is 23.1 Å². The largest absolute Gasteiger partial charge is 0.484 e. The van der Waals surface area contributed by atoms with Gasteiger partial charge in [0.1, 0.15) is 5.75 Å². The molecule has 0 saturated heterocycles. The molecular formula is C15H16ClNO2S2. The van der Waals surface area contributed by atoms with Gasteiger partial charge in [-0.05, 0) is 46.7 Å². The van der Waals surface area contributed by atoms with Crippen LogP contribution in [0.2, 0.25) is 5.02 Å². The molecule has 1 aromatic carbocycles. The average molecular weight is 342 g/mol. The maximum absolute atomic E-state index is 11.6. The van der Waals surface area contributed by atoms with Crippen LogP contribution in [0.4, 0.5) is 0 Å². The quantitative estimate of drug-likeness (QED) is 0.741.